The van der Waals surface area contributed by atoms with E-state index in [0.29, 0.717) is 36.6 Å². The summed E-state index contributed by atoms with van der Waals surface area (Å²) in [6.45, 7) is -4.07. The summed E-state index contributed by atoms with van der Waals surface area (Å²) in [7, 11) is 0. The molecule has 1 aliphatic carbocycles. The fraction of sp³-hybridized carbons (Fsp3) is 0.500. The quantitative estimate of drug-likeness (QED) is 0.520. The van der Waals surface area contributed by atoms with Gasteiger partial charge in [-0.2, -0.15) is 22.0 Å². The molecule has 1 fully saturated rings. The van der Waals surface area contributed by atoms with E-state index in [4.69, 9.17) is 16.7 Å². The van der Waals surface area contributed by atoms with Gasteiger partial charge in [0.2, 0.25) is 0 Å². The summed E-state index contributed by atoms with van der Waals surface area (Å²) < 4.78 is 67.6. The minimum absolute atomic E-state index is 0.0528. The van der Waals surface area contributed by atoms with E-state index in [0.717, 1.165) is 0 Å². The van der Waals surface area contributed by atoms with Crippen molar-refractivity contribution in [2.45, 2.75) is 56.6 Å². The van der Waals surface area contributed by atoms with Crippen LogP contribution in [-0.2, 0) is 0 Å². The zero-order chi connectivity index (χ0) is 23.5. The van der Waals surface area contributed by atoms with E-state index in [1.807, 2.05) is 0 Å². The van der Waals surface area contributed by atoms with Gasteiger partial charge in [-0.05, 0) is 37.8 Å². The van der Waals surface area contributed by atoms with Gasteiger partial charge in [0.05, 0.1) is 22.7 Å². The summed E-state index contributed by atoms with van der Waals surface area (Å²) in [5.74, 6) is -0.637. The molecular weight excluding hydrogens is 461 g/mol. The molecule has 3 N–H and O–H groups in total. The van der Waals surface area contributed by atoms with Crippen LogP contribution in [0, 0.1) is 0 Å². The number of nitrogens with zero attached hydrogens (tertiary/aromatic N) is 1. The van der Waals surface area contributed by atoms with Gasteiger partial charge in [0.25, 0.3) is 5.91 Å². The number of carbonyl (C=O) groups is 1. The number of benzene rings is 1. The predicted molar refractivity (Wildman–Crippen MR) is 107 cm³/mol. The van der Waals surface area contributed by atoms with Crippen molar-refractivity contribution in [3.05, 3.63) is 35.0 Å². The smallest absolute Gasteiger partial charge is 0.406 e. The molecule has 1 aromatic heterocycles. The van der Waals surface area contributed by atoms with Crippen LogP contribution >= 0.6 is 11.6 Å². The van der Waals surface area contributed by atoms with Gasteiger partial charge in [-0.3, -0.25) is 9.78 Å². The minimum atomic E-state index is -4.53. The molecule has 3 rings (SSSR count). The first kappa shape index (κ1) is 24.4. The van der Waals surface area contributed by atoms with Gasteiger partial charge >= 0.3 is 12.8 Å². The lowest BCUT2D eigenvalue weighted by Crippen LogP contribution is -2.51. The Hall–Kier alpha value is -2.24. The van der Waals surface area contributed by atoms with Crippen LogP contribution in [0.1, 0.15) is 36.0 Å². The second-order valence-electron chi connectivity index (χ2n) is 7.54. The number of amides is 1. The minimum Gasteiger partial charge on any atom is -0.433 e. The third-order valence-electron chi connectivity index (χ3n) is 5.29. The van der Waals surface area contributed by atoms with Gasteiger partial charge in [-0.15, -0.1) is 0 Å². The molecule has 1 heterocycles. The fourth-order valence-corrected chi connectivity index (χ4v) is 3.86. The number of aliphatic hydroxyl groups excluding tert-OH is 1. The highest BCUT2D eigenvalue weighted by atomic mass is 35.5. The first-order chi connectivity index (χ1) is 15.1. The molecule has 32 heavy (non-hydrogen) atoms. The summed E-state index contributed by atoms with van der Waals surface area (Å²) >= 11 is 5.94. The van der Waals surface area contributed by atoms with Gasteiger partial charge in [0, 0.05) is 29.7 Å². The summed E-state index contributed by atoms with van der Waals surface area (Å²) in [6, 6.07) is 1.53. The van der Waals surface area contributed by atoms with Crippen LogP contribution in [0.25, 0.3) is 10.9 Å². The first-order valence-corrected chi connectivity index (χ1v) is 10.2. The Kier molecular flexibility index (Phi) is 7.73. The number of nitrogens with one attached hydrogen (secondary N) is 2. The number of aromatic nitrogens is 1. The lowest BCUT2D eigenvalue weighted by Gasteiger charge is -2.32. The third-order valence-corrected chi connectivity index (χ3v) is 5.59. The Morgan fingerprint density at radius 3 is 2.44 bits per heavy atom. The lowest BCUT2D eigenvalue weighted by atomic mass is 9.90. The number of rotatable bonds is 7. The molecule has 0 spiro atoms. The first-order valence-electron chi connectivity index (χ1n) is 9.85. The van der Waals surface area contributed by atoms with E-state index in [2.05, 4.69) is 20.4 Å². The maximum atomic E-state index is 12.8. The SMILES string of the molecule is O=C(N[C@H]1CC[C@H](N[C@@H](CO)C(F)(F)F)CC1)c1cnc2cc(OC(F)F)c(Cl)cc2c1. The van der Waals surface area contributed by atoms with Crippen LogP contribution in [0.4, 0.5) is 22.0 Å². The normalized spacial score (nSPS) is 20.4. The zero-order valence-electron chi connectivity index (χ0n) is 16.6. The van der Waals surface area contributed by atoms with Crippen molar-refractivity contribution in [3.8, 4) is 5.75 Å². The van der Waals surface area contributed by atoms with E-state index in [9.17, 15) is 26.7 Å². The van der Waals surface area contributed by atoms with Crippen LogP contribution < -0.4 is 15.4 Å². The summed E-state index contributed by atoms with van der Waals surface area (Å²) in [6.07, 6.45) is -1.47. The second kappa shape index (κ2) is 10.1. The number of fused-ring (bicyclic) bond motifs is 1. The summed E-state index contributed by atoms with van der Waals surface area (Å²) in [5.41, 5.74) is 0.546. The van der Waals surface area contributed by atoms with E-state index in [-0.39, 0.29) is 22.4 Å². The van der Waals surface area contributed by atoms with Crippen LogP contribution in [-0.4, -0.2) is 53.5 Å². The molecule has 0 radical (unpaired) electrons. The van der Waals surface area contributed by atoms with E-state index in [1.54, 1.807) is 0 Å². The zero-order valence-corrected chi connectivity index (χ0v) is 17.4. The van der Waals surface area contributed by atoms with Crippen molar-refractivity contribution in [2.75, 3.05) is 6.61 Å². The topological polar surface area (TPSA) is 83.5 Å². The molecular formula is C20H21ClF5N3O3. The number of ether oxygens (including phenoxy) is 1. The molecule has 1 amide bonds. The molecule has 2 aromatic rings. The Morgan fingerprint density at radius 1 is 1.19 bits per heavy atom. The summed E-state index contributed by atoms with van der Waals surface area (Å²) in [4.78, 5) is 16.7. The average Bonchev–Trinajstić information content (AvgIpc) is 2.72. The van der Waals surface area contributed by atoms with Crippen molar-refractivity contribution in [1.82, 2.24) is 15.6 Å². The molecule has 1 atom stereocenters. The maximum absolute atomic E-state index is 12.8. The number of aliphatic hydroxyl groups is 1. The largest absolute Gasteiger partial charge is 0.433 e. The molecule has 1 aromatic carbocycles. The van der Waals surface area contributed by atoms with Gasteiger partial charge in [0.15, 0.2) is 0 Å². The highest BCUT2D eigenvalue weighted by Crippen LogP contribution is 2.31. The number of alkyl halides is 5. The molecule has 0 bridgehead atoms. The molecule has 0 unspecified atom stereocenters. The Balaban J connectivity index is 1.59. The van der Waals surface area contributed by atoms with Crippen molar-refractivity contribution >= 4 is 28.4 Å². The van der Waals surface area contributed by atoms with Crippen molar-refractivity contribution in [2.24, 2.45) is 0 Å². The predicted octanol–water partition coefficient (Wildman–Crippen LogP) is 4.04. The number of carbonyl (C=O) groups excluding carboxylic acids is 1. The summed E-state index contributed by atoms with van der Waals surface area (Å²) in [5, 5.41) is 14.6. The van der Waals surface area contributed by atoms with Gasteiger partial charge < -0.3 is 20.5 Å². The van der Waals surface area contributed by atoms with Crippen molar-refractivity contribution in [3.63, 3.8) is 0 Å². The number of hydrogen-bond acceptors (Lipinski definition) is 5. The molecule has 12 heteroatoms. The van der Waals surface area contributed by atoms with Gasteiger partial charge in [-0.25, -0.2) is 0 Å². The van der Waals surface area contributed by atoms with Crippen LogP contribution in [0.3, 0.4) is 0 Å². The van der Waals surface area contributed by atoms with Gasteiger partial charge in [0.1, 0.15) is 11.8 Å². The molecule has 6 nitrogen and oxygen atoms in total. The number of pyridine rings is 1. The standard InChI is InChI=1S/C20H21ClF5N3O3/c21-14-6-10-5-11(8-27-15(10)7-16(14)32-19(22)23)18(31)29-13-3-1-12(2-4-13)28-17(9-30)20(24,25)26/h5-8,12-13,17,19,28,30H,1-4,9H2,(H,29,31)/t12-,13-,17-/m0/s1. The molecule has 1 aliphatic rings. The average molecular weight is 482 g/mol. The number of hydrogen-bond donors (Lipinski definition) is 3. The second-order valence-corrected chi connectivity index (χ2v) is 7.95. The van der Waals surface area contributed by atoms with E-state index >= 15 is 0 Å². The third kappa shape index (κ3) is 6.17. The number of halogens is 6. The van der Waals surface area contributed by atoms with Crippen LogP contribution in [0.15, 0.2) is 24.4 Å². The Morgan fingerprint density at radius 2 is 1.84 bits per heavy atom. The maximum Gasteiger partial charge on any atom is 0.406 e. The molecule has 1 saturated carbocycles. The van der Waals surface area contributed by atoms with E-state index in [1.165, 1.54) is 24.4 Å². The molecule has 176 valence electrons. The molecule has 0 aliphatic heterocycles. The van der Waals surface area contributed by atoms with Crippen LogP contribution in [0.5, 0.6) is 5.75 Å². The fourth-order valence-electron chi connectivity index (χ4n) is 3.65. The van der Waals surface area contributed by atoms with Gasteiger partial charge in [-0.1, -0.05) is 11.6 Å². The Bertz CT molecular complexity index is 952. The van der Waals surface area contributed by atoms with Crippen molar-refractivity contribution < 1.29 is 36.6 Å². The monoisotopic (exact) mass is 481 g/mol. The Labute approximate surface area is 185 Å². The van der Waals surface area contributed by atoms with Crippen LogP contribution in [0.2, 0.25) is 5.02 Å². The lowest BCUT2D eigenvalue weighted by molar-refractivity contribution is -0.166. The highest BCUT2D eigenvalue weighted by Gasteiger charge is 2.40. The van der Waals surface area contributed by atoms with E-state index < -0.39 is 37.4 Å². The van der Waals surface area contributed by atoms with Crippen molar-refractivity contribution in [1.29, 1.82) is 0 Å². The highest BCUT2D eigenvalue weighted by molar-refractivity contribution is 6.32. The molecule has 0 saturated heterocycles.